The first kappa shape index (κ1) is 16.1. The number of anilines is 2. The number of rotatable bonds is 4. The first-order valence-electron chi connectivity index (χ1n) is 7.79. The van der Waals surface area contributed by atoms with Gasteiger partial charge in [0.25, 0.3) is 0 Å². The van der Waals surface area contributed by atoms with Gasteiger partial charge in [-0.25, -0.2) is 0 Å². The lowest BCUT2D eigenvalue weighted by Gasteiger charge is -2.14. The van der Waals surface area contributed by atoms with E-state index in [-0.39, 0.29) is 0 Å². The van der Waals surface area contributed by atoms with Gasteiger partial charge < -0.3 is 15.4 Å². The normalized spacial score (nSPS) is 14.5. The van der Waals surface area contributed by atoms with Crippen LogP contribution in [0.5, 0.6) is 5.75 Å². The summed E-state index contributed by atoms with van der Waals surface area (Å²) in [6, 6.07) is 15.3. The Labute approximate surface area is 147 Å². The van der Waals surface area contributed by atoms with Crippen molar-refractivity contribution in [1.29, 1.82) is 0 Å². The number of hydrogen-bond acceptors (Lipinski definition) is 2. The molecule has 23 heavy (non-hydrogen) atoms. The van der Waals surface area contributed by atoms with Crippen LogP contribution >= 0.6 is 23.8 Å². The van der Waals surface area contributed by atoms with Gasteiger partial charge in [0.15, 0.2) is 5.11 Å². The van der Waals surface area contributed by atoms with Crippen molar-refractivity contribution in [2.45, 2.75) is 31.8 Å². The van der Waals surface area contributed by atoms with Crippen LogP contribution < -0.4 is 15.4 Å². The van der Waals surface area contributed by atoms with E-state index >= 15 is 0 Å². The number of hydrogen-bond donors (Lipinski definition) is 2. The summed E-state index contributed by atoms with van der Waals surface area (Å²) in [5.74, 6) is 0.916. The van der Waals surface area contributed by atoms with Crippen molar-refractivity contribution in [3.8, 4) is 5.75 Å². The van der Waals surface area contributed by atoms with E-state index < -0.39 is 0 Å². The maximum Gasteiger partial charge on any atom is 0.175 e. The van der Waals surface area contributed by atoms with Gasteiger partial charge in [0.1, 0.15) is 5.75 Å². The van der Waals surface area contributed by atoms with Crippen LogP contribution in [0.15, 0.2) is 48.5 Å². The Balaban J connectivity index is 1.52. The molecule has 0 atom stereocenters. The topological polar surface area (TPSA) is 33.3 Å². The average molecular weight is 347 g/mol. The third-order valence-corrected chi connectivity index (χ3v) is 4.28. The molecular weight excluding hydrogens is 328 g/mol. The second kappa shape index (κ2) is 7.66. The van der Waals surface area contributed by atoms with Crippen LogP contribution in [0.2, 0.25) is 5.02 Å². The highest BCUT2D eigenvalue weighted by Gasteiger charge is 2.16. The standard InChI is InChI=1S/C18H19ClN2OS/c19-13-5-7-14(8-6-13)20-18(23)21-15-9-11-17(12-10-15)22-16-3-1-2-4-16/h5-12,16H,1-4H2,(H2,20,21,23). The minimum Gasteiger partial charge on any atom is -0.490 e. The Morgan fingerprint density at radius 2 is 1.43 bits per heavy atom. The molecule has 0 aromatic heterocycles. The Hall–Kier alpha value is -1.78. The summed E-state index contributed by atoms with van der Waals surface area (Å²) in [6.07, 6.45) is 5.25. The zero-order valence-electron chi connectivity index (χ0n) is 12.7. The average Bonchev–Trinajstić information content (AvgIpc) is 3.04. The van der Waals surface area contributed by atoms with Gasteiger partial charge in [0.2, 0.25) is 0 Å². The Morgan fingerprint density at radius 3 is 2.00 bits per heavy atom. The van der Waals surface area contributed by atoms with Crippen molar-refractivity contribution in [2.24, 2.45) is 0 Å². The lowest BCUT2D eigenvalue weighted by atomic mass is 10.2. The predicted molar refractivity (Wildman–Crippen MR) is 101 cm³/mol. The fourth-order valence-corrected chi connectivity index (χ4v) is 3.00. The third-order valence-electron chi connectivity index (χ3n) is 3.82. The van der Waals surface area contributed by atoms with Crippen molar-refractivity contribution in [2.75, 3.05) is 10.6 Å². The van der Waals surface area contributed by atoms with Crippen LogP contribution in [0.1, 0.15) is 25.7 Å². The third kappa shape index (κ3) is 4.85. The number of halogens is 1. The molecule has 0 aliphatic heterocycles. The van der Waals surface area contributed by atoms with Gasteiger partial charge in [0, 0.05) is 16.4 Å². The predicted octanol–water partition coefficient (Wildman–Crippen LogP) is 5.47. The smallest absolute Gasteiger partial charge is 0.175 e. The molecule has 0 amide bonds. The van der Waals surface area contributed by atoms with Crippen LogP contribution in [0, 0.1) is 0 Å². The highest BCUT2D eigenvalue weighted by atomic mass is 35.5. The van der Waals surface area contributed by atoms with Crippen molar-refractivity contribution in [3.05, 3.63) is 53.6 Å². The quantitative estimate of drug-likeness (QED) is 0.719. The number of ether oxygens (including phenoxy) is 1. The highest BCUT2D eigenvalue weighted by molar-refractivity contribution is 7.80. The summed E-state index contributed by atoms with van der Waals surface area (Å²) in [5, 5.41) is 7.52. The summed E-state index contributed by atoms with van der Waals surface area (Å²) >= 11 is 11.2. The lowest BCUT2D eigenvalue weighted by molar-refractivity contribution is 0.210. The minimum atomic E-state index is 0.376. The van der Waals surface area contributed by atoms with E-state index in [9.17, 15) is 0 Å². The second-order valence-corrected chi connectivity index (χ2v) is 6.48. The van der Waals surface area contributed by atoms with Gasteiger partial charge in [-0.05, 0) is 86.4 Å². The van der Waals surface area contributed by atoms with E-state index in [2.05, 4.69) is 10.6 Å². The number of thiocarbonyl (C=S) groups is 1. The molecule has 0 radical (unpaired) electrons. The molecule has 1 saturated carbocycles. The molecule has 3 nitrogen and oxygen atoms in total. The van der Waals surface area contributed by atoms with Crippen molar-refractivity contribution in [3.63, 3.8) is 0 Å². The zero-order valence-corrected chi connectivity index (χ0v) is 14.3. The Morgan fingerprint density at radius 1 is 0.913 bits per heavy atom. The van der Waals surface area contributed by atoms with Crippen LogP contribution in [0.3, 0.4) is 0 Å². The van der Waals surface area contributed by atoms with Gasteiger partial charge in [-0.15, -0.1) is 0 Å². The van der Waals surface area contributed by atoms with Gasteiger partial charge in [-0.3, -0.25) is 0 Å². The SMILES string of the molecule is S=C(Nc1ccc(Cl)cc1)Nc1ccc(OC2CCCC2)cc1. The fraction of sp³-hybridized carbons (Fsp3) is 0.278. The maximum absolute atomic E-state index is 5.95. The molecule has 1 aliphatic rings. The summed E-state index contributed by atoms with van der Waals surface area (Å²) in [6.45, 7) is 0. The first-order chi connectivity index (χ1) is 11.2. The van der Waals surface area contributed by atoms with E-state index in [0.717, 1.165) is 30.0 Å². The van der Waals surface area contributed by atoms with E-state index in [0.29, 0.717) is 16.2 Å². The van der Waals surface area contributed by atoms with E-state index in [1.807, 2.05) is 48.5 Å². The highest BCUT2D eigenvalue weighted by Crippen LogP contribution is 2.25. The van der Waals surface area contributed by atoms with E-state index in [4.69, 9.17) is 28.6 Å². The second-order valence-electron chi connectivity index (χ2n) is 5.63. The summed E-state index contributed by atoms with van der Waals surface area (Å²) in [5.41, 5.74) is 1.82. The molecule has 0 saturated heterocycles. The van der Waals surface area contributed by atoms with Crippen molar-refractivity contribution >= 4 is 40.3 Å². The molecule has 3 rings (SSSR count). The molecule has 1 fully saturated rings. The van der Waals surface area contributed by atoms with Gasteiger partial charge in [-0.2, -0.15) is 0 Å². The molecule has 1 aliphatic carbocycles. The van der Waals surface area contributed by atoms with Gasteiger partial charge in [-0.1, -0.05) is 11.6 Å². The zero-order chi connectivity index (χ0) is 16.1. The summed E-state index contributed by atoms with van der Waals surface area (Å²) < 4.78 is 5.95. The Kier molecular flexibility index (Phi) is 5.36. The van der Waals surface area contributed by atoms with Crippen molar-refractivity contribution in [1.82, 2.24) is 0 Å². The molecule has 0 heterocycles. The number of benzene rings is 2. The molecule has 5 heteroatoms. The summed E-state index contributed by atoms with van der Waals surface area (Å²) in [7, 11) is 0. The van der Waals surface area contributed by atoms with Crippen molar-refractivity contribution < 1.29 is 4.74 Å². The minimum absolute atomic E-state index is 0.376. The molecule has 0 unspecified atom stereocenters. The maximum atomic E-state index is 5.95. The van der Waals surface area contributed by atoms with E-state index in [1.165, 1.54) is 12.8 Å². The Bertz CT molecular complexity index is 652. The van der Waals surface area contributed by atoms with Gasteiger partial charge >= 0.3 is 0 Å². The van der Waals surface area contributed by atoms with Crippen LogP contribution in [-0.2, 0) is 0 Å². The fourth-order valence-electron chi connectivity index (χ4n) is 2.64. The molecule has 2 aromatic carbocycles. The molecule has 0 bridgehead atoms. The van der Waals surface area contributed by atoms with Gasteiger partial charge in [0.05, 0.1) is 6.10 Å². The largest absolute Gasteiger partial charge is 0.490 e. The molecular formula is C18H19ClN2OS. The molecule has 2 N–H and O–H groups in total. The number of nitrogens with one attached hydrogen (secondary N) is 2. The molecule has 120 valence electrons. The van der Waals surface area contributed by atoms with E-state index in [1.54, 1.807) is 0 Å². The van der Waals surface area contributed by atoms with Crippen LogP contribution in [0.25, 0.3) is 0 Å². The first-order valence-corrected chi connectivity index (χ1v) is 8.58. The molecule has 2 aromatic rings. The monoisotopic (exact) mass is 346 g/mol. The van der Waals surface area contributed by atoms with Crippen LogP contribution in [-0.4, -0.2) is 11.2 Å². The van der Waals surface area contributed by atoms with Crippen LogP contribution in [0.4, 0.5) is 11.4 Å². The lowest BCUT2D eigenvalue weighted by Crippen LogP contribution is -2.19. The summed E-state index contributed by atoms with van der Waals surface area (Å²) in [4.78, 5) is 0. The molecule has 0 spiro atoms.